The largest absolute Gasteiger partial charge is 0.573 e. The topological polar surface area (TPSA) is 107 Å². The first-order valence-corrected chi connectivity index (χ1v) is 9.61. The standard InChI is InChI=1S/C21H18F3N3O5/c1-30-16-6-3-12(10-17(16)31-21(22,23)24)20-26-19(27-32-20)11-2-5-15-13(8-11)9-14(25-15)4-7-18(28)29/h2-3,5-6,8,10,14,25H,4,7,9H2,1H3,(H,28,29)/t14-/m1/s1. The van der Waals surface area contributed by atoms with E-state index in [1.165, 1.54) is 19.2 Å². The molecule has 168 valence electrons. The molecule has 8 nitrogen and oxygen atoms in total. The summed E-state index contributed by atoms with van der Waals surface area (Å²) in [5.41, 5.74) is 2.81. The molecule has 1 aromatic heterocycles. The molecule has 1 aliphatic rings. The molecule has 2 heterocycles. The number of carboxylic acids is 1. The van der Waals surface area contributed by atoms with Crippen LogP contribution in [0.3, 0.4) is 0 Å². The number of rotatable bonds is 7. The zero-order valence-corrected chi connectivity index (χ0v) is 16.8. The average molecular weight is 449 g/mol. The Bertz CT molecular complexity index is 1150. The molecule has 11 heteroatoms. The van der Waals surface area contributed by atoms with Gasteiger partial charge >= 0.3 is 12.3 Å². The van der Waals surface area contributed by atoms with Gasteiger partial charge in [-0.1, -0.05) is 5.16 Å². The Kier molecular flexibility index (Phi) is 5.64. The second-order valence-corrected chi connectivity index (χ2v) is 7.19. The number of fused-ring (bicyclic) bond motifs is 1. The van der Waals surface area contributed by atoms with Crippen molar-refractivity contribution in [3.05, 3.63) is 42.0 Å². The van der Waals surface area contributed by atoms with E-state index in [9.17, 15) is 18.0 Å². The van der Waals surface area contributed by atoms with Gasteiger partial charge in [0.15, 0.2) is 11.5 Å². The number of hydrogen-bond donors (Lipinski definition) is 2. The van der Waals surface area contributed by atoms with Gasteiger partial charge in [-0.05, 0) is 54.8 Å². The molecule has 1 atom stereocenters. The molecule has 0 aliphatic carbocycles. The van der Waals surface area contributed by atoms with E-state index in [0.29, 0.717) is 18.4 Å². The average Bonchev–Trinajstić information content (AvgIpc) is 3.37. The van der Waals surface area contributed by atoms with E-state index in [0.717, 1.165) is 17.3 Å². The first-order valence-electron chi connectivity index (χ1n) is 9.61. The number of methoxy groups -OCH3 is 1. The van der Waals surface area contributed by atoms with Crippen molar-refractivity contribution in [3.8, 4) is 34.3 Å². The zero-order valence-electron chi connectivity index (χ0n) is 16.8. The van der Waals surface area contributed by atoms with Crippen LogP contribution in [-0.4, -0.2) is 40.7 Å². The molecule has 2 N–H and O–H groups in total. The van der Waals surface area contributed by atoms with Crippen LogP contribution in [0.4, 0.5) is 18.9 Å². The fourth-order valence-electron chi connectivity index (χ4n) is 3.52. The molecule has 2 aromatic carbocycles. The van der Waals surface area contributed by atoms with Crippen molar-refractivity contribution in [1.29, 1.82) is 0 Å². The van der Waals surface area contributed by atoms with Crippen LogP contribution in [0.15, 0.2) is 40.9 Å². The first-order chi connectivity index (χ1) is 15.2. The van der Waals surface area contributed by atoms with Crippen LogP contribution >= 0.6 is 0 Å². The number of aromatic nitrogens is 2. The summed E-state index contributed by atoms with van der Waals surface area (Å²) in [5, 5.41) is 16.1. The molecule has 0 radical (unpaired) electrons. The molecule has 3 aromatic rings. The molecular formula is C21H18F3N3O5. The van der Waals surface area contributed by atoms with E-state index in [1.54, 1.807) is 6.07 Å². The van der Waals surface area contributed by atoms with Gasteiger partial charge < -0.3 is 24.4 Å². The number of hydrogen-bond acceptors (Lipinski definition) is 7. The summed E-state index contributed by atoms with van der Waals surface area (Å²) in [6.45, 7) is 0. The van der Waals surface area contributed by atoms with Crippen LogP contribution in [0.25, 0.3) is 22.8 Å². The Balaban J connectivity index is 1.55. The third-order valence-electron chi connectivity index (χ3n) is 4.96. The summed E-state index contributed by atoms with van der Waals surface area (Å²) in [6, 6.07) is 9.46. The number of ether oxygens (including phenoxy) is 2. The van der Waals surface area contributed by atoms with Crippen LogP contribution in [-0.2, 0) is 11.2 Å². The lowest BCUT2D eigenvalue weighted by molar-refractivity contribution is -0.275. The highest BCUT2D eigenvalue weighted by molar-refractivity contribution is 5.69. The quantitative estimate of drug-likeness (QED) is 0.543. The van der Waals surface area contributed by atoms with Gasteiger partial charge in [0.2, 0.25) is 5.82 Å². The molecule has 4 rings (SSSR count). The number of nitrogens with one attached hydrogen (secondary N) is 1. The maximum Gasteiger partial charge on any atom is 0.573 e. The molecule has 0 amide bonds. The van der Waals surface area contributed by atoms with Crippen LogP contribution in [0.5, 0.6) is 11.5 Å². The predicted octanol–water partition coefficient (Wildman–Crippen LogP) is 4.51. The van der Waals surface area contributed by atoms with Crippen molar-refractivity contribution in [2.45, 2.75) is 31.7 Å². The van der Waals surface area contributed by atoms with Gasteiger partial charge in [-0.15, -0.1) is 13.2 Å². The van der Waals surface area contributed by atoms with Gasteiger partial charge in [0, 0.05) is 29.3 Å². The number of alkyl halides is 3. The Labute approximate surface area is 180 Å². The number of anilines is 1. The van der Waals surface area contributed by atoms with E-state index in [4.69, 9.17) is 14.4 Å². The smallest absolute Gasteiger partial charge is 0.493 e. The minimum absolute atomic E-state index is 0.0210. The Morgan fingerprint density at radius 3 is 2.72 bits per heavy atom. The molecule has 0 spiro atoms. The Hall–Kier alpha value is -3.76. The molecule has 0 bridgehead atoms. The van der Waals surface area contributed by atoms with E-state index >= 15 is 0 Å². The fourth-order valence-corrected chi connectivity index (χ4v) is 3.52. The van der Waals surface area contributed by atoms with Gasteiger partial charge in [-0.3, -0.25) is 4.79 Å². The molecular weight excluding hydrogens is 431 g/mol. The maximum absolute atomic E-state index is 12.7. The van der Waals surface area contributed by atoms with E-state index in [-0.39, 0.29) is 35.5 Å². The molecule has 1 aliphatic heterocycles. The first kappa shape index (κ1) is 21.5. The number of nitrogens with zero attached hydrogens (tertiary/aromatic N) is 2. The van der Waals surface area contributed by atoms with Crippen molar-refractivity contribution < 1.29 is 37.1 Å². The van der Waals surface area contributed by atoms with Gasteiger partial charge in [-0.2, -0.15) is 4.98 Å². The summed E-state index contributed by atoms with van der Waals surface area (Å²) < 4.78 is 52.2. The predicted molar refractivity (Wildman–Crippen MR) is 106 cm³/mol. The highest BCUT2D eigenvalue weighted by atomic mass is 19.4. The molecule has 0 saturated heterocycles. The van der Waals surface area contributed by atoms with E-state index in [2.05, 4.69) is 20.2 Å². The zero-order chi connectivity index (χ0) is 22.9. The highest BCUT2D eigenvalue weighted by Gasteiger charge is 2.33. The molecule has 0 unspecified atom stereocenters. The summed E-state index contributed by atoms with van der Waals surface area (Å²) in [7, 11) is 1.23. The van der Waals surface area contributed by atoms with Gasteiger partial charge in [-0.25, -0.2) is 0 Å². The van der Waals surface area contributed by atoms with Crippen LogP contribution in [0, 0.1) is 0 Å². The minimum Gasteiger partial charge on any atom is -0.493 e. The van der Waals surface area contributed by atoms with E-state index in [1.807, 2.05) is 12.1 Å². The summed E-state index contributed by atoms with van der Waals surface area (Å²) >= 11 is 0. The second-order valence-electron chi connectivity index (χ2n) is 7.19. The third-order valence-corrected chi connectivity index (χ3v) is 4.96. The van der Waals surface area contributed by atoms with Gasteiger partial charge in [0.25, 0.3) is 5.89 Å². The lowest BCUT2D eigenvalue weighted by Gasteiger charge is -2.12. The van der Waals surface area contributed by atoms with Crippen molar-refractivity contribution in [1.82, 2.24) is 10.1 Å². The second kappa shape index (κ2) is 8.40. The number of benzene rings is 2. The van der Waals surface area contributed by atoms with Crippen LogP contribution < -0.4 is 14.8 Å². The van der Waals surface area contributed by atoms with Crippen LogP contribution in [0.2, 0.25) is 0 Å². The summed E-state index contributed by atoms with van der Waals surface area (Å²) in [5.74, 6) is -1.16. The van der Waals surface area contributed by atoms with Gasteiger partial charge in [0.1, 0.15) is 0 Å². The van der Waals surface area contributed by atoms with E-state index < -0.39 is 18.1 Å². The minimum atomic E-state index is -4.88. The highest BCUT2D eigenvalue weighted by Crippen LogP contribution is 2.36. The number of carboxylic acid groups (broad SMARTS) is 1. The fraction of sp³-hybridized carbons (Fsp3) is 0.286. The summed E-state index contributed by atoms with van der Waals surface area (Å²) in [4.78, 5) is 15.1. The van der Waals surface area contributed by atoms with Crippen molar-refractivity contribution in [2.75, 3.05) is 12.4 Å². The molecule has 0 fully saturated rings. The lowest BCUT2D eigenvalue weighted by Crippen LogP contribution is -2.17. The van der Waals surface area contributed by atoms with Crippen LogP contribution in [0.1, 0.15) is 18.4 Å². The lowest BCUT2D eigenvalue weighted by atomic mass is 10.0. The number of carbonyl (C=O) groups is 1. The van der Waals surface area contributed by atoms with Crippen molar-refractivity contribution in [3.63, 3.8) is 0 Å². The Morgan fingerprint density at radius 2 is 2.00 bits per heavy atom. The number of halogens is 3. The molecule has 0 saturated carbocycles. The summed E-state index contributed by atoms with van der Waals surface area (Å²) in [6.07, 6.45) is -3.63. The Morgan fingerprint density at radius 1 is 1.22 bits per heavy atom. The van der Waals surface area contributed by atoms with Crippen molar-refractivity contribution >= 4 is 11.7 Å². The van der Waals surface area contributed by atoms with Crippen molar-refractivity contribution in [2.24, 2.45) is 0 Å². The maximum atomic E-state index is 12.7. The monoisotopic (exact) mass is 449 g/mol. The van der Waals surface area contributed by atoms with Gasteiger partial charge in [0.05, 0.1) is 7.11 Å². The SMILES string of the molecule is COc1ccc(-c2nc(-c3ccc4c(c3)C[C@@H](CCC(=O)O)N4)no2)cc1OC(F)(F)F. The normalized spacial score (nSPS) is 15.2. The third kappa shape index (κ3) is 4.76. The number of aliphatic carboxylic acids is 1. The molecule has 32 heavy (non-hydrogen) atoms.